The van der Waals surface area contributed by atoms with Gasteiger partial charge in [-0.2, -0.15) is 11.8 Å². The van der Waals surface area contributed by atoms with E-state index in [9.17, 15) is 0 Å². The second-order valence-electron chi connectivity index (χ2n) is 5.18. The van der Waals surface area contributed by atoms with Crippen LogP contribution in [0.25, 0.3) is 11.3 Å². The minimum atomic E-state index is 0.556. The van der Waals surface area contributed by atoms with E-state index in [1.54, 1.807) is 0 Å². The van der Waals surface area contributed by atoms with Gasteiger partial charge in [-0.3, -0.25) is 0 Å². The third kappa shape index (κ3) is 3.31. The van der Waals surface area contributed by atoms with Gasteiger partial charge in [0.2, 0.25) is 0 Å². The van der Waals surface area contributed by atoms with E-state index in [0.717, 1.165) is 28.1 Å². The molecule has 0 spiro atoms. The lowest BCUT2D eigenvalue weighted by molar-refractivity contribution is 0.886. The molecule has 2 N–H and O–H groups in total. The molecule has 1 aromatic carbocycles. The van der Waals surface area contributed by atoms with Crippen LogP contribution in [0.5, 0.6) is 0 Å². The molecule has 0 radical (unpaired) electrons. The fourth-order valence-corrected chi connectivity index (χ4v) is 3.77. The average molecular weight is 285 g/mol. The van der Waals surface area contributed by atoms with Crippen molar-refractivity contribution in [3.8, 4) is 11.3 Å². The number of anilines is 1. The van der Waals surface area contributed by atoms with Gasteiger partial charge in [0.05, 0.1) is 11.4 Å². The molecule has 1 fully saturated rings. The zero-order valence-electron chi connectivity index (χ0n) is 11.5. The Morgan fingerprint density at radius 3 is 2.60 bits per heavy atom. The van der Waals surface area contributed by atoms with E-state index in [1.807, 2.05) is 36.0 Å². The van der Waals surface area contributed by atoms with Crippen LogP contribution in [0.2, 0.25) is 0 Å². The topological polar surface area (TPSA) is 51.8 Å². The standard InChI is InChI=1S/C16H19N3S/c17-15-10-14(12-6-2-1-3-7-12)18-16(19-15)11-20-13-8-4-5-9-13/h1-3,6-7,10,13H,4-5,8-9,11H2,(H2,17,18,19). The molecule has 3 nitrogen and oxygen atoms in total. The van der Waals surface area contributed by atoms with Crippen LogP contribution in [0.15, 0.2) is 36.4 Å². The van der Waals surface area contributed by atoms with Gasteiger partial charge in [0, 0.05) is 16.9 Å². The first-order valence-electron chi connectivity index (χ1n) is 7.12. The molecule has 3 rings (SSSR count). The maximum Gasteiger partial charge on any atom is 0.141 e. The Morgan fingerprint density at radius 1 is 1.10 bits per heavy atom. The van der Waals surface area contributed by atoms with Gasteiger partial charge in [0.1, 0.15) is 11.6 Å². The Morgan fingerprint density at radius 2 is 1.85 bits per heavy atom. The summed E-state index contributed by atoms with van der Waals surface area (Å²) < 4.78 is 0. The number of nitrogen functional groups attached to an aromatic ring is 1. The van der Waals surface area contributed by atoms with E-state index < -0.39 is 0 Å². The summed E-state index contributed by atoms with van der Waals surface area (Å²) in [5, 5.41) is 0.778. The Labute approximate surface area is 124 Å². The number of rotatable bonds is 4. The second kappa shape index (κ2) is 6.27. The predicted octanol–water partition coefficient (Wildman–Crippen LogP) is 3.90. The fourth-order valence-electron chi connectivity index (χ4n) is 2.59. The molecule has 4 heteroatoms. The van der Waals surface area contributed by atoms with Crippen LogP contribution in [0.3, 0.4) is 0 Å². The Kier molecular flexibility index (Phi) is 4.21. The summed E-state index contributed by atoms with van der Waals surface area (Å²) >= 11 is 1.97. The van der Waals surface area contributed by atoms with Crippen molar-refractivity contribution in [2.45, 2.75) is 36.7 Å². The van der Waals surface area contributed by atoms with Crippen molar-refractivity contribution in [2.24, 2.45) is 0 Å². The Balaban J connectivity index is 1.76. The molecule has 0 aliphatic heterocycles. The normalized spacial score (nSPS) is 15.6. The van der Waals surface area contributed by atoms with Crippen LogP contribution in [0, 0.1) is 0 Å². The van der Waals surface area contributed by atoms with Gasteiger partial charge in [0.15, 0.2) is 0 Å². The zero-order valence-corrected chi connectivity index (χ0v) is 12.3. The molecule has 0 saturated heterocycles. The fraction of sp³-hybridized carbons (Fsp3) is 0.375. The van der Waals surface area contributed by atoms with E-state index in [2.05, 4.69) is 22.1 Å². The van der Waals surface area contributed by atoms with Crippen molar-refractivity contribution in [3.63, 3.8) is 0 Å². The molecule has 1 aromatic heterocycles. The van der Waals surface area contributed by atoms with Crippen molar-refractivity contribution in [1.82, 2.24) is 9.97 Å². The third-order valence-corrected chi connectivity index (χ3v) is 4.98. The number of nitrogens with zero attached hydrogens (tertiary/aromatic N) is 2. The van der Waals surface area contributed by atoms with Crippen LogP contribution in [-0.4, -0.2) is 15.2 Å². The first-order chi connectivity index (χ1) is 9.81. The molecule has 2 aromatic rings. The summed E-state index contributed by atoms with van der Waals surface area (Å²) in [6.07, 6.45) is 5.40. The number of nitrogens with two attached hydrogens (primary N) is 1. The summed E-state index contributed by atoms with van der Waals surface area (Å²) in [7, 11) is 0. The molecule has 104 valence electrons. The highest BCUT2D eigenvalue weighted by Crippen LogP contribution is 2.31. The minimum Gasteiger partial charge on any atom is -0.384 e. The number of thioether (sulfide) groups is 1. The Bertz CT molecular complexity index is 565. The largest absolute Gasteiger partial charge is 0.384 e. The highest BCUT2D eigenvalue weighted by Gasteiger charge is 2.16. The highest BCUT2D eigenvalue weighted by atomic mass is 32.2. The van der Waals surface area contributed by atoms with Crippen LogP contribution in [0.1, 0.15) is 31.5 Å². The van der Waals surface area contributed by atoms with E-state index in [0.29, 0.717) is 5.82 Å². The number of aromatic nitrogens is 2. The molecule has 1 aliphatic rings. The van der Waals surface area contributed by atoms with Gasteiger partial charge in [-0.15, -0.1) is 0 Å². The Hall–Kier alpha value is -1.55. The SMILES string of the molecule is Nc1cc(-c2ccccc2)nc(CSC2CCCC2)n1. The molecule has 1 aliphatic carbocycles. The van der Waals surface area contributed by atoms with Gasteiger partial charge in [-0.05, 0) is 12.8 Å². The zero-order chi connectivity index (χ0) is 13.8. The van der Waals surface area contributed by atoms with Crippen LogP contribution < -0.4 is 5.73 Å². The van der Waals surface area contributed by atoms with Gasteiger partial charge in [-0.1, -0.05) is 43.2 Å². The summed E-state index contributed by atoms with van der Waals surface area (Å²) in [6, 6.07) is 12.0. The molecule has 0 unspecified atom stereocenters. The third-order valence-electron chi connectivity index (χ3n) is 3.61. The lowest BCUT2D eigenvalue weighted by Gasteiger charge is -2.09. The second-order valence-corrected chi connectivity index (χ2v) is 6.47. The maximum absolute atomic E-state index is 5.92. The minimum absolute atomic E-state index is 0.556. The first kappa shape index (κ1) is 13.4. The van der Waals surface area contributed by atoms with Gasteiger partial charge >= 0.3 is 0 Å². The average Bonchev–Trinajstić information content (AvgIpc) is 2.99. The van der Waals surface area contributed by atoms with E-state index in [1.165, 1.54) is 25.7 Å². The summed E-state index contributed by atoms with van der Waals surface area (Å²) in [5.41, 5.74) is 7.93. The van der Waals surface area contributed by atoms with E-state index in [4.69, 9.17) is 5.73 Å². The monoisotopic (exact) mass is 285 g/mol. The van der Waals surface area contributed by atoms with Gasteiger partial charge in [-0.25, -0.2) is 9.97 Å². The lowest BCUT2D eigenvalue weighted by Crippen LogP contribution is -2.02. The van der Waals surface area contributed by atoms with Crippen molar-refractivity contribution in [2.75, 3.05) is 5.73 Å². The molecule has 0 atom stereocenters. The van der Waals surface area contributed by atoms with Crippen molar-refractivity contribution < 1.29 is 0 Å². The van der Waals surface area contributed by atoms with Crippen LogP contribution in [0.4, 0.5) is 5.82 Å². The molecule has 20 heavy (non-hydrogen) atoms. The molecular weight excluding hydrogens is 266 g/mol. The quantitative estimate of drug-likeness (QED) is 0.925. The van der Waals surface area contributed by atoms with Crippen LogP contribution >= 0.6 is 11.8 Å². The molecular formula is C16H19N3S. The van der Waals surface area contributed by atoms with Crippen molar-refractivity contribution in [3.05, 3.63) is 42.2 Å². The number of hydrogen-bond donors (Lipinski definition) is 1. The highest BCUT2D eigenvalue weighted by molar-refractivity contribution is 7.99. The molecule has 1 saturated carbocycles. The smallest absolute Gasteiger partial charge is 0.141 e. The predicted molar refractivity (Wildman–Crippen MR) is 85.4 cm³/mol. The van der Waals surface area contributed by atoms with Crippen molar-refractivity contribution >= 4 is 17.6 Å². The summed E-state index contributed by atoms with van der Waals surface area (Å²) in [5.74, 6) is 2.26. The van der Waals surface area contributed by atoms with Gasteiger partial charge in [0.25, 0.3) is 0 Å². The lowest BCUT2D eigenvalue weighted by atomic mass is 10.1. The maximum atomic E-state index is 5.92. The summed E-state index contributed by atoms with van der Waals surface area (Å²) in [6.45, 7) is 0. The van der Waals surface area contributed by atoms with E-state index in [-0.39, 0.29) is 0 Å². The van der Waals surface area contributed by atoms with Crippen LogP contribution in [-0.2, 0) is 5.75 Å². The molecule has 0 bridgehead atoms. The number of benzene rings is 1. The van der Waals surface area contributed by atoms with Gasteiger partial charge < -0.3 is 5.73 Å². The molecule has 1 heterocycles. The van der Waals surface area contributed by atoms with E-state index >= 15 is 0 Å². The summed E-state index contributed by atoms with van der Waals surface area (Å²) in [4.78, 5) is 9.02. The molecule has 0 amide bonds. The van der Waals surface area contributed by atoms with Crippen molar-refractivity contribution in [1.29, 1.82) is 0 Å². The number of hydrogen-bond acceptors (Lipinski definition) is 4. The first-order valence-corrected chi connectivity index (χ1v) is 8.16.